The van der Waals surface area contributed by atoms with Crippen LogP contribution < -0.4 is 10.9 Å². The lowest BCUT2D eigenvalue weighted by Crippen LogP contribution is -2.41. The number of rotatable bonds is 2. The van der Waals surface area contributed by atoms with E-state index in [4.69, 9.17) is 23.2 Å². The second-order valence-electron chi connectivity index (χ2n) is 4.04. The van der Waals surface area contributed by atoms with Crippen molar-refractivity contribution in [2.45, 2.75) is 0 Å². The first-order valence-electron chi connectivity index (χ1n) is 5.78. The van der Waals surface area contributed by atoms with Crippen LogP contribution in [0.2, 0.25) is 10.0 Å². The molecule has 0 radical (unpaired) electrons. The lowest BCUT2D eigenvalue weighted by atomic mass is 10.2. The summed E-state index contributed by atoms with van der Waals surface area (Å²) < 4.78 is 12.9. The fourth-order valence-corrected chi connectivity index (χ4v) is 2.00. The fourth-order valence-electron chi connectivity index (χ4n) is 1.56. The molecule has 21 heavy (non-hydrogen) atoms. The molecule has 7 heteroatoms. The number of halogens is 3. The molecule has 4 nitrogen and oxygen atoms in total. The summed E-state index contributed by atoms with van der Waals surface area (Å²) in [5, 5.41) is 0.347. The molecule has 0 aliphatic heterocycles. The summed E-state index contributed by atoms with van der Waals surface area (Å²) in [4.78, 5) is 23.6. The Balaban J connectivity index is 2.02. The van der Waals surface area contributed by atoms with Crippen LogP contribution in [-0.4, -0.2) is 11.8 Å². The van der Waals surface area contributed by atoms with E-state index in [0.29, 0.717) is 5.02 Å². The Bertz CT molecular complexity index is 707. The van der Waals surface area contributed by atoms with Crippen LogP contribution in [-0.2, 0) is 0 Å². The summed E-state index contributed by atoms with van der Waals surface area (Å²) in [6.07, 6.45) is 0. The second kappa shape index (κ2) is 6.56. The van der Waals surface area contributed by atoms with Gasteiger partial charge in [0, 0.05) is 10.6 Å². The van der Waals surface area contributed by atoms with Gasteiger partial charge < -0.3 is 0 Å². The molecule has 0 spiro atoms. The Morgan fingerprint density at radius 3 is 2.33 bits per heavy atom. The van der Waals surface area contributed by atoms with Crippen molar-refractivity contribution >= 4 is 35.0 Å². The highest BCUT2D eigenvalue weighted by Crippen LogP contribution is 2.16. The molecule has 2 amide bonds. The van der Waals surface area contributed by atoms with E-state index in [1.54, 1.807) is 12.1 Å². The van der Waals surface area contributed by atoms with Crippen LogP contribution in [0.3, 0.4) is 0 Å². The predicted molar refractivity (Wildman–Crippen MR) is 77.8 cm³/mol. The molecule has 2 N–H and O–H groups in total. The van der Waals surface area contributed by atoms with Crippen LogP contribution in [0.1, 0.15) is 20.7 Å². The van der Waals surface area contributed by atoms with E-state index in [9.17, 15) is 14.0 Å². The van der Waals surface area contributed by atoms with E-state index < -0.39 is 17.6 Å². The first-order chi connectivity index (χ1) is 9.97. The summed E-state index contributed by atoms with van der Waals surface area (Å²) in [6.45, 7) is 0. The molecule has 0 aliphatic carbocycles. The maximum absolute atomic E-state index is 12.9. The Morgan fingerprint density at radius 1 is 0.952 bits per heavy atom. The van der Waals surface area contributed by atoms with Crippen molar-refractivity contribution in [2.24, 2.45) is 0 Å². The molecule has 0 atom stereocenters. The average Bonchev–Trinajstić information content (AvgIpc) is 2.44. The lowest BCUT2D eigenvalue weighted by molar-refractivity contribution is 0.0846. The first-order valence-corrected chi connectivity index (χ1v) is 6.54. The number of hydrogen-bond acceptors (Lipinski definition) is 2. The van der Waals surface area contributed by atoms with Gasteiger partial charge in [0.15, 0.2) is 0 Å². The molecule has 0 heterocycles. The van der Waals surface area contributed by atoms with Crippen LogP contribution >= 0.6 is 23.2 Å². The zero-order chi connectivity index (χ0) is 15.4. The molecule has 108 valence electrons. The second-order valence-corrected chi connectivity index (χ2v) is 4.89. The summed E-state index contributed by atoms with van der Waals surface area (Å²) in [7, 11) is 0. The molecular weight excluding hydrogens is 318 g/mol. The molecule has 0 bridgehead atoms. The van der Waals surface area contributed by atoms with Crippen molar-refractivity contribution in [2.75, 3.05) is 0 Å². The molecule has 0 aromatic heterocycles. The van der Waals surface area contributed by atoms with Gasteiger partial charge in [-0.15, -0.1) is 0 Å². The maximum atomic E-state index is 12.9. The highest BCUT2D eigenvalue weighted by Gasteiger charge is 2.12. The standard InChI is InChI=1S/C14H9Cl2FN2O2/c15-9-3-1-2-8(6-9)13(20)18-19-14(21)11-5-4-10(17)7-12(11)16/h1-7H,(H,18,20)(H,19,21). The number of nitrogens with one attached hydrogen (secondary N) is 2. The van der Waals surface area contributed by atoms with Crippen LogP contribution in [0.15, 0.2) is 42.5 Å². The molecule has 0 saturated carbocycles. The zero-order valence-corrected chi connectivity index (χ0v) is 12.0. The molecule has 0 saturated heterocycles. The van der Waals surface area contributed by atoms with Crippen molar-refractivity contribution in [3.8, 4) is 0 Å². The smallest absolute Gasteiger partial charge is 0.267 e. The topological polar surface area (TPSA) is 58.2 Å². The number of hydrazine groups is 1. The fraction of sp³-hybridized carbons (Fsp3) is 0. The average molecular weight is 327 g/mol. The Labute approximate surface area is 129 Å². The van der Waals surface area contributed by atoms with Gasteiger partial charge in [0.1, 0.15) is 5.82 Å². The zero-order valence-electron chi connectivity index (χ0n) is 10.5. The molecule has 2 aromatic rings. The number of carbonyl (C=O) groups is 2. The number of amides is 2. The third-order valence-corrected chi connectivity index (χ3v) is 3.10. The summed E-state index contributed by atoms with van der Waals surface area (Å²) in [5.41, 5.74) is 4.74. The van der Waals surface area contributed by atoms with E-state index in [2.05, 4.69) is 10.9 Å². The third-order valence-electron chi connectivity index (χ3n) is 2.55. The van der Waals surface area contributed by atoms with E-state index in [1.165, 1.54) is 18.2 Å². The van der Waals surface area contributed by atoms with Gasteiger partial charge in [-0.25, -0.2) is 4.39 Å². The molecule has 0 unspecified atom stereocenters. The van der Waals surface area contributed by atoms with Crippen LogP contribution in [0.25, 0.3) is 0 Å². The van der Waals surface area contributed by atoms with E-state index in [1.807, 2.05) is 0 Å². The highest BCUT2D eigenvalue weighted by atomic mass is 35.5. The minimum absolute atomic E-state index is 0.0458. The predicted octanol–water partition coefficient (Wildman–Crippen LogP) is 3.21. The van der Waals surface area contributed by atoms with Crippen molar-refractivity contribution in [1.82, 2.24) is 10.9 Å². The van der Waals surface area contributed by atoms with Crippen LogP contribution in [0, 0.1) is 5.82 Å². The van der Waals surface area contributed by atoms with Crippen LogP contribution in [0.4, 0.5) is 4.39 Å². The van der Waals surface area contributed by atoms with Crippen molar-refractivity contribution in [3.63, 3.8) is 0 Å². The Hall–Kier alpha value is -2.11. The largest absolute Gasteiger partial charge is 0.271 e. The van der Waals surface area contributed by atoms with Crippen molar-refractivity contribution < 1.29 is 14.0 Å². The Morgan fingerprint density at radius 2 is 1.67 bits per heavy atom. The van der Waals surface area contributed by atoms with Gasteiger partial charge in [-0.05, 0) is 36.4 Å². The summed E-state index contributed by atoms with van der Waals surface area (Å²) in [6, 6.07) is 9.55. The monoisotopic (exact) mass is 326 g/mol. The van der Waals surface area contributed by atoms with Gasteiger partial charge >= 0.3 is 0 Å². The summed E-state index contributed by atoms with van der Waals surface area (Å²) in [5.74, 6) is -1.75. The third kappa shape index (κ3) is 3.93. The van der Waals surface area contributed by atoms with Crippen molar-refractivity contribution in [3.05, 3.63) is 69.5 Å². The first kappa shape index (κ1) is 15.3. The maximum Gasteiger partial charge on any atom is 0.271 e. The minimum atomic E-state index is -0.657. The molecule has 2 rings (SSSR count). The Kier molecular flexibility index (Phi) is 4.77. The molecule has 2 aromatic carbocycles. The summed E-state index contributed by atoms with van der Waals surface area (Å²) >= 11 is 11.5. The molecular formula is C14H9Cl2FN2O2. The molecule has 0 fully saturated rings. The SMILES string of the molecule is O=C(NNC(=O)c1ccc(F)cc1Cl)c1cccc(Cl)c1. The number of hydrogen-bond donors (Lipinski definition) is 2. The normalized spacial score (nSPS) is 10.0. The van der Waals surface area contributed by atoms with E-state index in [0.717, 1.165) is 12.1 Å². The van der Waals surface area contributed by atoms with Crippen molar-refractivity contribution in [1.29, 1.82) is 0 Å². The minimum Gasteiger partial charge on any atom is -0.267 e. The lowest BCUT2D eigenvalue weighted by Gasteiger charge is -2.08. The van der Waals surface area contributed by atoms with E-state index >= 15 is 0 Å². The van der Waals surface area contributed by atoms with E-state index in [-0.39, 0.29) is 16.1 Å². The van der Waals surface area contributed by atoms with Gasteiger partial charge in [0.25, 0.3) is 11.8 Å². The van der Waals surface area contributed by atoms with Gasteiger partial charge in [-0.1, -0.05) is 29.3 Å². The quantitative estimate of drug-likeness (QED) is 0.832. The van der Waals surface area contributed by atoms with Gasteiger partial charge in [0.2, 0.25) is 0 Å². The number of carbonyl (C=O) groups excluding carboxylic acids is 2. The molecule has 0 aliphatic rings. The van der Waals surface area contributed by atoms with Gasteiger partial charge in [0.05, 0.1) is 10.6 Å². The highest BCUT2D eigenvalue weighted by molar-refractivity contribution is 6.33. The van der Waals surface area contributed by atoms with Gasteiger partial charge in [-0.2, -0.15) is 0 Å². The van der Waals surface area contributed by atoms with Gasteiger partial charge in [-0.3, -0.25) is 20.4 Å². The number of benzene rings is 2. The van der Waals surface area contributed by atoms with Crippen LogP contribution in [0.5, 0.6) is 0 Å².